The molecule has 3 aromatic carbocycles. The molecule has 6 aliphatic heterocycles. The first-order valence-electron chi connectivity index (χ1n) is 48.0. The number of carboxylic acid groups (broad SMARTS) is 1. The van der Waals surface area contributed by atoms with Crippen LogP contribution >= 0.6 is 12.4 Å². The van der Waals surface area contributed by atoms with Gasteiger partial charge >= 0.3 is 5.97 Å². The molecule has 0 spiro atoms. The number of nitrogens with one attached hydrogen (secondary N) is 5. The van der Waals surface area contributed by atoms with Crippen LogP contribution in [0.25, 0.3) is 32.9 Å². The molecule has 0 saturated carbocycles. The lowest BCUT2D eigenvalue weighted by atomic mass is 9.92. The molecule has 718 valence electrons. The number of carbonyl (C=O) groups is 3. The van der Waals surface area contributed by atoms with Crippen molar-refractivity contribution in [3.8, 4) is 17.2 Å². The number of nitrogens with two attached hydrogens (primary N) is 1. The number of aromatic amines is 3. The highest BCUT2D eigenvalue weighted by molar-refractivity contribution is 6.11. The van der Waals surface area contributed by atoms with Gasteiger partial charge in [-0.3, -0.25) is 24.0 Å². The van der Waals surface area contributed by atoms with Crippen molar-refractivity contribution in [3.63, 3.8) is 0 Å². The van der Waals surface area contributed by atoms with Crippen LogP contribution in [0.2, 0.25) is 0 Å². The zero-order chi connectivity index (χ0) is 93.3. The maximum absolute atomic E-state index is 14.2. The van der Waals surface area contributed by atoms with Crippen molar-refractivity contribution in [3.05, 3.63) is 170 Å². The molecule has 2 amide bonds. The number of carbonyl (C=O) groups excluding carboxylic acids is 2. The van der Waals surface area contributed by atoms with E-state index < -0.39 is 5.97 Å². The van der Waals surface area contributed by atoms with Crippen LogP contribution in [0.1, 0.15) is 277 Å². The maximum Gasteiger partial charge on any atom is 0.336 e. The van der Waals surface area contributed by atoms with Crippen LogP contribution in [-0.4, -0.2) is 209 Å². The van der Waals surface area contributed by atoms with Gasteiger partial charge in [0.1, 0.15) is 51.3 Å². The minimum absolute atomic E-state index is 0. The Bertz CT molecular complexity index is 5270. The molecule has 6 saturated heterocycles. The first kappa shape index (κ1) is 102. The summed E-state index contributed by atoms with van der Waals surface area (Å²) in [7, 11) is 4.60. The second-order valence-electron chi connectivity index (χ2n) is 36.5. The number of halogens is 1. The van der Waals surface area contributed by atoms with E-state index >= 15 is 0 Å². The molecular weight excluding hydrogens is 1680 g/mol. The largest absolute Gasteiger partial charge is 0.496 e. The predicted molar refractivity (Wildman–Crippen MR) is 523 cm³/mol. The van der Waals surface area contributed by atoms with E-state index in [0.29, 0.717) is 141 Å². The van der Waals surface area contributed by atoms with Crippen molar-refractivity contribution in [2.45, 2.75) is 274 Å². The summed E-state index contributed by atoms with van der Waals surface area (Å²) in [6.45, 7) is 45.2. The van der Waals surface area contributed by atoms with Gasteiger partial charge in [0.15, 0.2) is 0 Å². The number of anilines is 3. The number of aromatic carboxylic acids is 1. The Labute approximate surface area is 778 Å². The third kappa shape index (κ3) is 23.8. The molecule has 8 N–H and O–H groups in total. The van der Waals surface area contributed by atoms with Crippen LogP contribution in [0.3, 0.4) is 0 Å². The van der Waals surface area contributed by atoms with Crippen LogP contribution in [0.5, 0.6) is 17.2 Å². The minimum Gasteiger partial charge on any atom is -0.496 e. The Hall–Kier alpha value is -9.65. The van der Waals surface area contributed by atoms with Crippen LogP contribution in [-0.2, 0) is 53.1 Å². The molecule has 131 heavy (non-hydrogen) atoms. The summed E-state index contributed by atoms with van der Waals surface area (Å²) in [6.07, 6.45) is 14.0. The molecule has 15 rings (SSSR count). The van der Waals surface area contributed by atoms with Crippen LogP contribution in [0.4, 0.5) is 17.1 Å². The van der Waals surface area contributed by atoms with E-state index in [9.17, 15) is 33.9 Å². The highest BCUT2D eigenvalue weighted by atomic mass is 35.5. The molecule has 28 nitrogen and oxygen atoms in total. The molecular formula is C102H147ClN12O16. The van der Waals surface area contributed by atoms with Crippen molar-refractivity contribution in [1.82, 2.24) is 40.3 Å². The first-order chi connectivity index (χ1) is 62.6. The molecule has 0 bridgehead atoms. The normalized spacial score (nSPS) is 16.8. The number of benzene rings is 3. The summed E-state index contributed by atoms with van der Waals surface area (Å²) in [5, 5.41) is 18.8. The van der Waals surface area contributed by atoms with E-state index in [-0.39, 0.29) is 60.5 Å². The van der Waals surface area contributed by atoms with E-state index in [1.54, 1.807) is 25.1 Å². The predicted octanol–water partition coefficient (Wildman–Crippen LogP) is 16.9. The number of ether oxygens (including phenoxy) is 6. The standard InChI is InChI=1S/2C34H48N4O5.C26H38N2O4.C8H12N2O2.ClH/c2*1-7-25-28(38(8-2)24-11-15-42-16-12-24)19-31-26(18-29(43-31)23-9-13-37(14-10-23)21(3)4)32(25)34(40)35-20-27-30(41-6)17-22(5)36-33(27)39;1-5-20-22(28(6-2)19-9-13-31-14-10-19)16-24-21(25(20)26(29)30)15-23(32-24)18-7-11-27(12-8-18)17(3)4;1-5-3-7(12-2)6(4-9)8(11)10-5;/h2*17-19,21,23-24H,7-16,20H2,1-6H3,(H,35,40)(H,36,39);15-19H,5-14H2,1-4H3,(H,29,30);3H,4,9H2,1-2H3,(H,10,11);1H. The number of hydrogen-bond donors (Lipinski definition) is 7. The summed E-state index contributed by atoms with van der Waals surface area (Å²) in [5.74, 6) is 4.04. The molecule has 29 heteroatoms. The van der Waals surface area contributed by atoms with Crippen LogP contribution in [0.15, 0.2) is 82.2 Å². The Kier molecular flexibility index (Phi) is 36.8. The highest BCUT2D eigenvalue weighted by Crippen LogP contribution is 2.45. The monoisotopic (exact) mass is 1830 g/mol. The molecule has 12 heterocycles. The maximum atomic E-state index is 14.2. The molecule has 6 aromatic heterocycles. The number of carboxylic acids is 1. The number of rotatable bonds is 29. The number of likely N-dealkylation sites (tertiary alicyclic amines) is 3. The van der Waals surface area contributed by atoms with Crippen molar-refractivity contribution in [1.29, 1.82) is 0 Å². The topological polar surface area (TPSA) is 334 Å². The highest BCUT2D eigenvalue weighted by Gasteiger charge is 2.36. The molecule has 9 aromatic rings. The van der Waals surface area contributed by atoms with Gasteiger partial charge in [-0.15, -0.1) is 12.4 Å². The lowest BCUT2D eigenvalue weighted by Crippen LogP contribution is -2.40. The number of furan rings is 3. The number of fused-ring (bicyclic) bond motifs is 3. The van der Waals surface area contributed by atoms with E-state index in [1.165, 1.54) is 21.3 Å². The van der Waals surface area contributed by atoms with E-state index in [2.05, 4.69) is 168 Å². The van der Waals surface area contributed by atoms with Crippen molar-refractivity contribution >= 4 is 80.2 Å². The van der Waals surface area contributed by atoms with Crippen LogP contribution < -0.4 is 62.0 Å². The van der Waals surface area contributed by atoms with Crippen molar-refractivity contribution < 1.29 is 61.2 Å². The molecule has 0 unspecified atom stereocenters. The fourth-order valence-corrected chi connectivity index (χ4v) is 20.5. The number of nitrogens with zero attached hydrogens (tertiary/aromatic N) is 6. The quantitative estimate of drug-likeness (QED) is 0.0229. The van der Waals surface area contributed by atoms with Gasteiger partial charge in [-0.25, -0.2) is 4.79 Å². The number of aryl methyl sites for hydroxylation is 3. The van der Waals surface area contributed by atoms with Gasteiger partial charge in [-0.05, 0) is 272 Å². The number of methoxy groups -OCH3 is 3. The average Bonchev–Trinajstić information content (AvgIpc) is 1.66. The fourth-order valence-electron chi connectivity index (χ4n) is 20.5. The Morgan fingerprint density at radius 2 is 0.687 bits per heavy atom. The van der Waals surface area contributed by atoms with Crippen LogP contribution in [0, 0.1) is 20.8 Å². The van der Waals surface area contributed by atoms with Gasteiger partial charge in [0.05, 0.1) is 67.8 Å². The van der Waals surface area contributed by atoms with Gasteiger partial charge in [-0.1, -0.05) is 20.8 Å². The number of pyridine rings is 3. The third-order valence-electron chi connectivity index (χ3n) is 27.7. The Morgan fingerprint density at radius 3 is 0.939 bits per heavy atom. The van der Waals surface area contributed by atoms with Crippen molar-refractivity contribution in [2.75, 3.05) is 135 Å². The second-order valence-corrected chi connectivity index (χ2v) is 36.5. The molecule has 6 aliphatic rings. The summed E-state index contributed by atoms with van der Waals surface area (Å²) in [5.41, 5.74) is 18.1. The minimum atomic E-state index is -0.862. The summed E-state index contributed by atoms with van der Waals surface area (Å²) in [4.78, 5) is 101. The van der Waals surface area contributed by atoms with E-state index in [1.807, 2.05) is 19.9 Å². The number of H-pyrrole nitrogens is 3. The first-order valence-corrected chi connectivity index (χ1v) is 48.0. The molecule has 0 aliphatic carbocycles. The Balaban J connectivity index is 0.000000179. The van der Waals surface area contributed by atoms with E-state index in [4.69, 9.17) is 47.4 Å². The van der Waals surface area contributed by atoms with Gasteiger partial charge in [0, 0.05) is 188 Å². The fraction of sp³-hybridized carbons (Fsp3) is 0.588. The second kappa shape index (κ2) is 47.3. The SMILES string of the molecule is CCc1c(N(CC)C2CCOCC2)cc2oc(C3CCN(C(C)C)CC3)cc2c1C(=O)NCc1c(OC)cc(C)[nH]c1=O.CCc1c(N(CC)C2CCOCC2)cc2oc(C3CCN(C(C)C)CC3)cc2c1C(=O)NCc1c(OC)cc(C)[nH]c1=O.CCc1c(N(CC)C2CCOCC2)cc2oc(C3CCN(C(C)C)CC3)cc2c1C(=O)O.COc1cc(C)[nH]c(=O)c1CN.Cl. The number of piperidine rings is 3. The number of hydrogen-bond acceptors (Lipinski definition) is 22. The lowest BCUT2D eigenvalue weighted by Gasteiger charge is -2.37. The zero-order valence-corrected chi connectivity index (χ0v) is 81.8. The smallest absolute Gasteiger partial charge is 0.336 e. The van der Waals surface area contributed by atoms with Gasteiger partial charge in [0.25, 0.3) is 28.5 Å². The zero-order valence-electron chi connectivity index (χ0n) is 81.0. The summed E-state index contributed by atoms with van der Waals surface area (Å²) < 4.78 is 52.5. The van der Waals surface area contributed by atoms with Crippen molar-refractivity contribution in [2.24, 2.45) is 5.73 Å². The molecule has 0 atom stereocenters. The Morgan fingerprint density at radius 1 is 0.420 bits per heavy atom. The third-order valence-corrected chi connectivity index (χ3v) is 27.7. The summed E-state index contributed by atoms with van der Waals surface area (Å²) in [6, 6.07) is 20.6. The van der Waals surface area contributed by atoms with E-state index in [0.717, 1.165) is 260 Å². The number of amides is 2. The number of aromatic nitrogens is 3. The van der Waals surface area contributed by atoms with Gasteiger partial charge in [-0.2, -0.15) is 0 Å². The summed E-state index contributed by atoms with van der Waals surface area (Å²) >= 11 is 0. The van der Waals surface area contributed by atoms with Gasteiger partial charge < -0.3 is 107 Å². The lowest BCUT2D eigenvalue weighted by molar-refractivity contribution is 0.0696. The molecule has 6 fully saturated rings. The molecule has 0 radical (unpaired) electrons. The average molecular weight is 1830 g/mol. The van der Waals surface area contributed by atoms with Gasteiger partial charge in [0.2, 0.25) is 0 Å².